The van der Waals surface area contributed by atoms with Crippen LogP contribution in [0.3, 0.4) is 0 Å². The Morgan fingerprint density at radius 1 is 0.970 bits per heavy atom. The molecule has 2 N–H and O–H groups in total. The molecule has 0 atom stereocenters. The Morgan fingerprint density at radius 2 is 1.70 bits per heavy atom. The number of para-hydroxylation sites is 1. The molecule has 2 amide bonds. The van der Waals surface area contributed by atoms with Crippen LogP contribution in [0, 0.1) is 0 Å². The van der Waals surface area contributed by atoms with E-state index in [2.05, 4.69) is 46.8 Å². The molecular formula is C27H27N3O2S. The number of nitrogens with zero attached hydrogens (tertiary/aromatic N) is 1. The van der Waals surface area contributed by atoms with Crippen LogP contribution >= 0.6 is 11.8 Å². The molecular weight excluding hydrogens is 430 g/mol. The maximum atomic E-state index is 12.5. The number of hydrogen-bond acceptors (Lipinski definition) is 4. The highest BCUT2D eigenvalue weighted by molar-refractivity contribution is 8.04. The molecule has 33 heavy (non-hydrogen) atoms. The number of rotatable bonds is 8. The van der Waals surface area contributed by atoms with Crippen molar-refractivity contribution in [2.24, 2.45) is 0 Å². The number of benzene rings is 3. The number of amides is 2. The van der Waals surface area contributed by atoms with Crippen molar-refractivity contribution in [2.75, 3.05) is 32.0 Å². The van der Waals surface area contributed by atoms with Crippen LogP contribution < -0.4 is 10.6 Å². The van der Waals surface area contributed by atoms with E-state index < -0.39 is 0 Å². The first-order valence-electron chi connectivity index (χ1n) is 11.0. The van der Waals surface area contributed by atoms with Crippen molar-refractivity contribution < 1.29 is 9.59 Å². The monoisotopic (exact) mass is 457 g/mol. The molecule has 0 saturated carbocycles. The van der Waals surface area contributed by atoms with E-state index in [-0.39, 0.29) is 11.8 Å². The van der Waals surface area contributed by atoms with Crippen LogP contribution in [0.1, 0.15) is 21.5 Å². The normalized spacial score (nSPS) is 14.1. The second kappa shape index (κ2) is 11.0. The van der Waals surface area contributed by atoms with Gasteiger partial charge in [-0.3, -0.25) is 9.59 Å². The zero-order valence-electron chi connectivity index (χ0n) is 18.6. The largest absolute Gasteiger partial charge is 0.351 e. The summed E-state index contributed by atoms with van der Waals surface area (Å²) in [7, 11) is 2.06. The minimum atomic E-state index is -0.114. The van der Waals surface area contributed by atoms with Gasteiger partial charge in [0.15, 0.2) is 0 Å². The van der Waals surface area contributed by atoms with Gasteiger partial charge in [0, 0.05) is 30.1 Å². The van der Waals surface area contributed by atoms with Crippen molar-refractivity contribution >= 4 is 35.3 Å². The number of fused-ring (bicyclic) bond motifs is 1. The summed E-state index contributed by atoms with van der Waals surface area (Å²) in [5.41, 5.74) is 3.64. The van der Waals surface area contributed by atoms with Gasteiger partial charge in [0.1, 0.15) is 0 Å². The van der Waals surface area contributed by atoms with Crippen LogP contribution in [0.15, 0.2) is 88.7 Å². The standard InChI is InChI=1S/C27H27N3O2S/c1-30(17-15-20-7-3-2-4-8-20)18-16-28-26(31)22-13-11-21(12-14-22)19-25-27(32)29-23-9-5-6-10-24(23)33-25/h2-14,19H,15-18H2,1H3,(H,28,31)(H,29,32)/b25-19+. The molecule has 4 rings (SSSR count). The first kappa shape index (κ1) is 22.8. The van der Waals surface area contributed by atoms with E-state index in [9.17, 15) is 9.59 Å². The van der Waals surface area contributed by atoms with E-state index in [1.165, 1.54) is 17.3 Å². The summed E-state index contributed by atoms with van der Waals surface area (Å²) in [6.45, 7) is 2.32. The lowest BCUT2D eigenvalue weighted by Gasteiger charge is -2.18. The average molecular weight is 458 g/mol. The van der Waals surface area contributed by atoms with Crippen molar-refractivity contribution in [1.29, 1.82) is 0 Å². The van der Waals surface area contributed by atoms with Crippen LogP contribution in [-0.4, -0.2) is 43.4 Å². The summed E-state index contributed by atoms with van der Waals surface area (Å²) in [4.78, 5) is 28.7. The molecule has 3 aromatic carbocycles. The number of carbonyl (C=O) groups is 2. The second-order valence-electron chi connectivity index (χ2n) is 7.98. The maximum absolute atomic E-state index is 12.5. The van der Waals surface area contributed by atoms with E-state index in [0.717, 1.165) is 35.7 Å². The maximum Gasteiger partial charge on any atom is 0.262 e. The van der Waals surface area contributed by atoms with Gasteiger partial charge in [-0.2, -0.15) is 0 Å². The van der Waals surface area contributed by atoms with Gasteiger partial charge in [0.25, 0.3) is 11.8 Å². The first-order chi connectivity index (χ1) is 16.1. The summed E-state index contributed by atoms with van der Waals surface area (Å²) >= 11 is 1.45. The SMILES string of the molecule is CN(CCNC(=O)c1ccc(/C=C2/Sc3ccccc3NC2=O)cc1)CCc1ccccc1. The van der Waals surface area contributed by atoms with Crippen LogP contribution in [0.2, 0.25) is 0 Å². The van der Waals surface area contributed by atoms with Gasteiger partial charge in [-0.05, 0) is 54.9 Å². The quantitative estimate of drug-likeness (QED) is 0.483. The molecule has 0 spiro atoms. The molecule has 0 aliphatic carbocycles. The summed E-state index contributed by atoms with van der Waals surface area (Å²) in [5.74, 6) is -0.207. The molecule has 5 nitrogen and oxygen atoms in total. The smallest absolute Gasteiger partial charge is 0.262 e. The number of likely N-dealkylation sites (N-methyl/N-ethyl adjacent to an activating group) is 1. The third-order valence-electron chi connectivity index (χ3n) is 5.45. The Balaban J connectivity index is 1.26. The second-order valence-corrected chi connectivity index (χ2v) is 9.06. The van der Waals surface area contributed by atoms with E-state index in [0.29, 0.717) is 17.0 Å². The summed E-state index contributed by atoms with van der Waals surface area (Å²) in [5, 5.41) is 5.90. The lowest BCUT2D eigenvalue weighted by atomic mass is 10.1. The first-order valence-corrected chi connectivity index (χ1v) is 11.8. The number of carbonyl (C=O) groups excluding carboxylic acids is 2. The summed E-state index contributed by atoms with van der Waals surface area (Å²) in [6, 6.07) is 25.4. The van der Waals surface area contributed by atoms with Crippen molar-refractivity contribution in [3.8, 4) is 0 Å². The zero-order chi connectivity index (χ0) is 23.0. The van der Waals surface area contributed by atoms with E-state index in [1.807, 2.05) is 48.5 Å². The van der Waals surface area contributed by atoms with E-state index in [4.69, 9.17) is 0 Å². The van der Waals surface area contributed by atoms with Crippen molar-refractivity contribution in [1.82, 2.24) is 10.2 Å². The molecule has 6 heteroatoms. The number of anilines is 1. The highest BCUT2D eigenvalue weighted by Crippen LogP contribution is 2.38. The molecule has 0 aromatic heterocycles. The van der Waals surface area contributed by atoms with E-state index in [1.54, 1.807) is 12.1 Å². The molecule has 1 aliphatic heterocycles. The van der Waals surface area contributed by atoms with Gasteiger partial charge < -0.3 is 15.5 Å². The Morgan fingerprint density at radius 3 is 2.48 bits per heavy atom. The lowest BCUT2D eigenvalue weighted by molar-refractivity contribution is -0.112. The van der Waals surface area contributed by atoms with Crippen molar-refractivity contribution in [3.05, 3.63) is 100 Å². The minimum absolute atomic E-state index is 0.0932. The van der Waals surface area contributed by atoms with Gasteiger partial charge in [-0.1, -0.05) is 66.4 Å². The third kappa shape index (κ3) is 6.34. The summed E-state index contributed by atoms with van der Waals surface area (Å²) < 4.78 is 0. The zero-order valence-corrected chi connectivity index (χ0v) is 19.4. The molecule has 168 valence electrons. The highest BCUT2D eigenvalue weighted by Gasteiger charge is 2.20. The van der Waals surface area contributed by atoms with Crippen molar-refractivity contribution in [2.45, 2.75) is 11.3 Å². The topological polar surface area (TPSA) is 61.4 Å². The summed E-state index contributed by atoms with van der Waals surface area (Å²) in [6.07, 6.45) is 2.84. The number of nitrogens with one attached hydrogen (secondary N) is 2. The molecule has 1 heterocycles. The van der Waals surface area contributed by atoms with Crippen molar-refractivity contribution in [3.63, 3.8) is 0 Å². The Bertz CT molecular complexity index is 1140. The Hall–Kier alpha value is -3.35. The van der Waals surface area contributed by atoms with Crippen LogP contribution in [0.5, 0.6) is 0 Å². The molecule has 1 aliphatic rings. The van der Waals surface area contributed by atoms with Gasteiger partial charge >= 0.3 is 0 Å². The molecule has 0 fully saturated rings. The molecule has 3 aromatic rings. The van der Waals surface area contributed by atoms with Gasteiger partial charge in [-0.25, -0.2) is 0 Å². The number of thioether (sulfide) groups is 1. The van der Waals surface area contributed by atoms with Gasteiger partial charge in [0.2, 0.25) is 0 Å². The highest BCUT2D eigenvalue weighted by atomic mass is 32.2. The Labute approximate surface area is 198 Å². The fraction of sp³-hybridized carbons (Fsp3) is 0.185. The van der Waals surface area contributed by atoms with Crippen LogP contribution in [0.25, 0.3) is 6.08 Å². The van der Waals surface area contributed by atoms with Crippen LogP contribution in [-0.2, 0) is 11.2 Å². The molecule has 0 radical (unpaired) electrons. The van der Waals surface area contributed by atoms with E-state index >= 15 is 0 Å². The van der Waals surface area contributed by atoms with Gasteiger partial charge in [-0.15, -0.1) is 0 Å². The minimum Gasteiger partial charge on any atom is -0.351 e. The lowest BCUT2D eigenvalue weighted by Crippen LogP contribution is -2.33. The molecule has 0 bridgehead atoms. The predicted octanol–water partition coefficient (Wildman–Crippen LogP) is 4.68. The fourth-order valence-electron chi connectivity index (χ4n) is 3.52. The number of hydrogen-bond donors (Lipinski definition) is 2. The molecule has 0 saturated heterocycles. The third-order valence-corrected chi connectivity index (χ3v) is 6.55. The van der Waals surface area contributed by atoms with Crippen LogP contribution in [0.4, 0.5) is 5.69 Å². The molecule has 0 unspecified atom stereocenters. The Kier molecular flexibility index (Phi) is 7.60. The predicted molar refractivity (Wildman–Crippen MR) is 135 cm³/mol. The fourth-order valence-corrected chi connectivity index (χ4v) is 4.47. The average Bonchev–Trinajstić information content (AvgIpc) is 2.84. The van der Waals surface area contributed by atoms with Gasteiger partial charge in [0.05, 0.1) is 10.6 Å².